The van der Waals surface area contributed by atoms with E-state index in [0.29, 0.717) is 19.6 Å². The molecule has 0 bridgehead atoms. The van der Waals surface area contributed by atoms with E-state index in [1.807, 2.05) is 4.90 Å². The van der Waals surface area contributed by atoms with Gasteiger partial charge in [0.25, 0.3) is 10.0 Å². The molecule has 0 aliphatic carbocycles. The van der Waals surface area contributed by atoms with Crippen molar-refractivity contribution in [3.05, 3.63) is 48.3 Å². The van der Waals surface area contributed by atoms with Gasteiger partial charge in [0.2, 0.25) is 0 Å². The monoisotopic (exact) mass is 437 g/mol. The van der Waals surface area contributed by atoms with Crippen molar-refractivity contribution in [1.29, 1.82) is 0 Å². The van der Waals surface area contributed by atoms with Gasteiger partial charge in [0.1, 0.15) is 17.7 Å². The summed E-state index contributed by atoms with van der Waals surface area (Å²) in [7, 11) is -4.06. The van der Waals surface area contributed by atoms with E-state index in [0.717, 1.165) is 16.4 Å². The SMILES string of the molecule is O=C(O)Nc1ccc2c(c1)N(S(=O)(=O)c1ccc(F)cc1)CC(CN1CC(O)C1)O2. The fourth-order valence-electron chi connectivity index (χ4n) is 3.55. The van der Waals surface area contributed by atoms with E-state index < -0.39 is 34.1 Å². The first-order valence-corrected chi connectivity index (χ1v) is 10.7. The van der Waals surface area contributed by atoms with Gasteiger partial charge in [0.15, 0.2) is 0 Å². The van der Waals surface area contributed by atoms with Crippen LogP contribution in [-0.4, -0.2) is 68.0 Å². The molecule has 2 heterocycles. The zero-order valence-corrected chi connectivity index (χ0v) is 16.5. The quantitative estimate of drug-likeness (QED) is 0.649. The topological polar surface area (TPSA) is 119 Å². The number of sulfonamides is 1. The number of carboxylic acid groups (broad SMARTS) is 1. The minimum Gasteiger partial charge on any atom is -0.485 e. The third-order valence-corrected chi connectivity index (χ3v) is 6.74. The summed E-state index contributed by atoms with van der Waals surface area (Å²) in [6.07, 6.45) is -2.18. The van der Waals surface area contributed by atoms with E-state index in [1.165, 1.54) is 30.3 Å². The summed E-state index contributed by atoms with van der Waals surface area (Å²) in [5.41, 5.74) is 0.374. The molecule has 4 rings (SSSR count). The number of rotatable bonds is 5. The Morgan fingerprint density at radius 2 is 1.87 bits per heavy atom. The Morgan fingerprint density at radius 3 is 2.50 bits per heavy atom. The zero-order chi connectivity index (χ0) is 21.5. The number of anilines is 2. The number of ether oxygens (including phenoxy) is 1. The first kappa shape index (κ1) is 20.4. The molecule has 0 aromatic heterocycles. The third-order valence-electron chi connectivity index (χ3n) is 4.94. The number of fused-ring (bicyclic) bond motifs is 1. The first-order chi connectivity index (χ1) is 14.2. The average Bonchev–Trinajstić information content (AvgIpc) is 2.66. The van der Waals surface area contributed by atoms with Crippen molar-refractivity contribution in [2.75, 3.05) is 35.8 Å². The summed E-state index contributed by atoms with van der Waals surface area (Å²) in [4.78, 5) is 12.8. The first-order valence-electron chi connectivity index (χ1n) is 9.22. The lowest BCUT2D eigenvalue weighted by Gasteiger charge is -2.41. The van der Waals surface area contributed by atoms with Gasteiger partial charge in [-0.15, -0.1) is 0 Å². The predicted molar refractivity (Wildman–Crippen MR) is 106 cm³/mol. The average molecular weight is 437 g/mol. The number of hydrogen-bond acceptors (Lipinski definition) is 6. The van der Waals surface area contributed by atoms with Crippen LogP contribution in [0.15, 0.2) is 47.4 Å². The lowest BCUT2D eigenvalue weighted by atomic mass is 10.1. The van der Waals surface area contributed by atoms with Crippen LogP contribution in [-0.2, 0) is 10.0 Å². The van der Waals surface area contributed by atoms with Crippen molar-refractivity contribution in [2.24, 2.45) is 0 Å². The molecular formula is C19H20FN3O6S. The number of carbonyl (C=O) groups is 1. The highest BCUT2D eigenvalue weighted by Gasteiger charge is 2.37. The van der Waals surface area contributed by atoms with Crippen molar-refractivity contribution < 1.29 is 32.6 Å². The minimum atomic E-state index is -4.06. The normalized spacial score (nSPS) is 19.5. The van der Waals surface area contributed by atoms with Gasteiger partial charge in [-0.2, -0.15) is 0 Å². The number of benzene rings is 2. The number of amides is 1. The Labute approximate surface area is 172 Å². The molecule has 0 spiro atoms. The van der Waals surface area contributed by atoms with Crippen LogP contribution >= 0.6 is 0 Å². The van der Waals surface area contributed by atoms with Crippen LogP contribution in [0.5, 0.6) is 5.75 Å². The van der Waals surface area contributed by atoms with Crippen molar-refractivity contribution in [3.63, 3.8) is 0 Å². The second-order valence-electron chi connectivity index (χ2n) is 7.21. The van der Waals surface area contributed by atoms with E-state index in [1.54, 1.807) is 0 Å². The van der Waals surface area contributed by atoms with Crippen LogP contribution in [0, 0.1) is 5.82 Å². The van der Waals surface area contributed by atoms with Crippen molar-refractivity contribution in [1.82, 2.24) is 4.90 Å². The number of aliphatic hydroxyl groups is 1. The Balaban J connectivity index is 1.70. The molecule has 1 atom stereocenters. The van der Waals surface area contributed by atoms with Gasteiger partial charge in [-0.1, -0.05) is 0 Å². The highest BCUT2D eigenvalue weighted by Crippen LogP contribution is 2.39. The zero-order valence-electron chi connectivity index (χ0n) is 15.7. The van der Waals surface area contributed by atoms with Crippen molar-refractivity contribution in [3.8, 4) is 5.75 Å². The van der Waals surface area contributed by atoms with E-state index in [4.69, 9.17) is 9.84 Å². The Bertz CT molecular complexity index is 1060. The Hall–Kier alpha value is -2.89. The fraction of sp³-hybridized carbons (Fsp3) is 0.316. The predicted octanol–water partition coefficient (Wildman–Crippen LogP) is 1.55. The lowest BCUT2D eigenvalue weighted by molar-refractivity contribution is -0.0169. The maximum Gasteiger partial charge on any atom is 0.409 e. The molecule has 1 unspecified atom stereocenters. The molecule has 1 saturated heterocycles. The molecule has 30 heavy (non-hydrogen) atoms. The van der Waals surface area contributed by atoms with Gasteiger partial charge in [-0.25, -0.2) is 17.6 Å². The number of β-amino-alcohol motifs (C(OH)–C–C–N with tert-alkyl or cyclic N) is 1. The highest BCUT2D eigenvalue weighted by atomic mass is 32.2. The summed E-state index contributed by atoms with van der Waals surface area (Å²) in [6, 6.07) is 8.86. The van der Waals surface area contributed by atoms with Gasteiger partial charge >= 0.3 is 6.09 Å². The summed E-state index contributed by atoms with van der Waals surface area (Å²) >= 11 is 0. The molecule has 160 valence electrons. The molecule has 3 N–H and O–H groups in total. The standard InChI is InChI=1S/C19H20FN3O6S/c20-12-1-4-16(5-2-12)30(27,28)23-11-15(10-22-8-14(24)9-22)29-18-6-3-13(7-17(18)23)21-19(25)26/h1-7,14-15,21,24H,8-11H2,(H,25,26). The second kappa shape index (κ2) is 7.74. The van der Waals surface area contributed by atoms with E-state index in [9.17, 15) is 22.7 Å². The highest BCUT2D eigenvalue weighted by molar-refractivity contribution is 7.92. The second-order valence-corrected chi connectivity index (χ2v) is 9.08. The number of halogens is 1. The maximum atomic E-state index is 13.3. The van der Waals surface area contributed by atoms with Crippen molar-refractivity contribution >= 4 is 27.5 Å². The molecule has 2 aliphatic rings. The van der Waals surface area contributed by atoms with Gasteiger partial charge in [-0.05, 0) is 42.5 Å². The number of nitrogens with zero attached hydrogens (tertiary/aromatic N) is 2. The van der Waals surface area contributed by atoms with E-state index >= 15 is 0 Å². The lowest BCUT2D eigenvalue weighted by Crippen LogP contribution is -2.56. The molecule has 9 nitrogen and oxygen atoms in total. The van der Waals surface area contributed by atoms with Crippen LogP contribution < -0.4 is 14.4 Å². The molecule has 1 fully saturated rings. The maximum absolute atomic E-state index is 13.3. The molecule has 0 radical (unpaired) electrons. The van der Waals surface area contributed by atoms with Crippen LogP contribution in [0.25, 0.3) is 0 Å². The van der Waals surface area contributed by atoms with Gasteiger partial charge in [0.05, 0.1) is 23.2 Å². The van der Waals surface area contributed by atoms with Crippen LogP contribution in [0.4, 0.5) is 20.6 Å². The Morgan fingerprint density at radius 1 is 1.17 bits per heavy atom. The van der Waals surface area contributed by atoms with Gasteiger partial charge in [-0.3, -0.25) is 14.5 Å². The number of likely N-dealkylation sites (tertiary alicyclic amines) is 1. The number of aliphatic hydroxyl groups excluding tert-OH is 1. The minimum absolute atomic E-state index is 0.0180. The van der Waals surface area contributed by atoms with Gasteiger partial charge < -0.3 is 14.9 Å². The molecule has 2 aromatic rings. The smallest absolute Gasteiger partial charge is 0.409 e. The number of hydrogen-bond donors (Lipinski definition) is 3. The van der Waals surface area contributed by atoms with Crippen LogP contribution in [0.2, 0.25) is 0 Å². The number of nitrogens with one attached hydrogen (secondary N) is 1. The summed E-state index contributed by atoms with van der Waals surface area (Å²) in [5.74, 6) is -0.271. The molecule has 0 saturated carbocycles. The van der Waals surface area contributed by atoms with Crippen LogP contribution in [0.3, 0.4) is 0 Å². The molecule has 11 heteroatoms. The third kappa shape index (κ3) is 4.04. The Kier molecular flexibility index (Phi) is 5.26. The molecule has 1 amide bonds. The summed E-state index contributed by atoms with van der Waals surface area (Å²) < 4.78 is 47.0. The fourth-order valence-corrected chi connectivity index (χ4v) is 5.05. The van der Waals surface area contributed by atoms with E-state index in [2.05, 4.69) is 5.32 Å². The molecule has 2 aliphatic heterocycles. The van der Waals surface area contributed by atoms with Crippen molar-refractivity contribution in [2.45, 2.75) is 17.1 Å². The largest absolute Gasteiger partial charge is 0.485 e. The molecular weight excluding hydrogens is 417 g/mol. The van der Waals surface area contributed by atoms with Crippen LogP contribution in [0.1, 0.15) is 0 Å². The molecule has 2 aromatic carbocycles. The van der Waals surface area contributed by atoms with Gasteiger partial charge in [0, 0.05) is 25.3 Å². The van der Waals surface area contributed by atoms with E-state index in [-0.39, 0.29) is 28.6 Å². The summed E-state index contributed by atoms with van der Waals surface area (Å²) in [5, 5.41) is 20.6. The summed E-state index contributed by atoms with van der Waals surface area (Å²) in [6.45, 7) is 1.37.